The summed E-state index contributed by atoms with van der Waals surface area (Å²) in [5.41, 5.74) is 4.77. The molecule has 0 bridgehead atoms. The highest BCUT2D eigenvalue weighted by Crippen LogP contribution is 2.29. The minimum atomic E-state index is -3.26. The molecule has 1 unspecified atom stereocenters. The fourth-order valence-corrected chi connectivity index (χ4v) is 2.34. The molecule has 1 atom stereocenters. The van der Waals surface area contributed by atoms with Crippen molar-refractivity contribution in [3.05, 3.63) is 0 Å². The highest BCUT2D eigenvalue weighted by atomic mass is 32.2. The van der Waals surface area contributed by atoms with Gasteiger partial charge in [0.1, 0.15) is 15.9 Å². The topological polar surface area (TPSA) is 127 Å². The molecule has 0 radical (unpaired) electrons. The second-order valence-corrected chi connectivity index (χ2v) is 7.05. The average molecular weight is 278 g/mol. The summed E-state index contributed by atoms with van der Waals surface area (Å²) in [5, 5.41) is 11.2. The van der Waals surface area contributed by atoms with E-state index in [0.29, 0.717) is 12.8 Å². The summed E-state index contributed by atoms with van der Waals surface area (Å²) in [4.78, 5) is 22.7. The normalized spacial score (nSPS) is 19.7. The van der Waals surface area contributed by atoms with Crippen molar-refractivity contribution in [3.8, 4) is 0 Å². The van der Waals surface area contributed by atoms with Crippen molar-refractivity contribution in [3.63, 3.8) is 0 Å². The van der Waals surface area contributed by atoms with Gasteiger partial charge in [-0.15, -0.1) is 0 Å². The number of carboxylic acids is 1. The first-order chi connectivity index (χ1) is 8.14. The average Bonchev–Trinajstić information content (AvgIpc) is 2.18. The predicted molar refractivity (Wildman–Crippen MR) is 64.7 cm³/mol. The van der Waals surface area contributed by atoms with E-state index in [1.807, 2.05) is 0 Å². The van der Waals surface area contributed by atoms with Gasteiger partial charge < -0.3 is 16.2 Å². The van der Waals surface area contributed by atoms with Crippen LogP contribution in [0.15, 0.2) is 0 Å². The molecule has 0 aromatic heterocycles. The maximum Gasteiger partial charge on any atom is 0.326 e. The lowest BCUT2D eigenvalue weighted by molar-refractivity contribution is -0.143. The monoisotopic (exact) mass is 278 g/mol. The minimum Gasteiger partial charge on any atom is -0.480 e. The van der Waals surface area contributed by atoms with Gasteiger partial charge >= 0.3 is 5.97 Å². The molecule has 7 nitrogen and oxygen atoms in total. The standard InChI is InChI=1S/C10H18N2O5S/c1-18(16,17)6-3-7(8(13)14)12-9(15)10(11)4-2-5-10/h7H,2-6,11H2,1H3,(H,12,15)(H,13,14). The highest BCUT2D eigenvalue weighted by molar-refractivity contribution is 7.90. The fourth-order valence-electron chi connectivity index (χ4n) is 1.68. The van der Waals surface area contributed by atoms with Gasteiger partial charge in [-0.2, -0.15) is 0 Å². The summed E-state index contributed by atoms with van der Waals surface area (Å²) >= 11 is 0. The van der Waals surface area contributed by atoms with Crippen LogP contribution in [-0.4, -0.2) is 49.0 Å². The van der Waals surface area contributed by atoms with Crippen LogP contribution in [0.1, 0.15) is 25.7 Å². The smallest absolute Gasteiger partial charge is 0.326 e. The number of nitrogens with two attached hydrogens (primary N) is 1. The van der Waals surface area contributed by atoms with Crippen LogP contribution >= 0.6 is 0 Å². The third-order valence-electron chi connectivity index (χ3n) is 3.08. The van der Waals surface area contributed by atoms with Gasteiger partial charge in [0.15, 0.2) is 0 Å². The van der Waals surface area contributed by atoms with E-state index in [2.05, 4.69) is 5.32 Å². The van der Waals surface area contributed by atoms with Crippen molar-refractivity contribution >= 4 is 21.7 Å². The maximum absolute atomic E-state index is 11.7. The van der Waals surface area contributed by atoms with Crippen LogP contribution in [0.3, 0.4) is 0 Å². The lowest BCUT2D eigenvalue weighted by Gasteiger charge is -2.37. The largest absolute Gasteiger partial charge is 0.480 e. The van der Waals surface area contributed by atoms with Crippen LogP contribution < -0.4 is 11.1 Å². The zero-order valence-electron chi connectivity index (χ0n) is 10.2. The molecule has 0 heterocycles. The number of nitrogens with one attached hydrogen (secondary N) is 1. The number of carbonyl (C=O) groups is 2. The molecule has 0 spiro atoms. The Bertz CT molecular complexity index is 441. The van der Waals surface area contributed by atoms with Crippen LogP contribution in [0.5, 0.6) is 0 Å². The molecule has 1 fully saturated rings. The van der Waals surface area contributed by atoms with E-state index in [4.69, 9.17) is 10.8 Å². The van der Waals surface area contributed by atoms with Gasteiger partial charge in [0.25, 0.3) is 0 Å². The summed E-state index contributed by atoms with van der Waals surface area (Å²) in [6.45, 7) is 0. The number of hydrogen-bond acceptors (Lipinski definition) is 5. The van der Waals surface area contributed by atoms with Crippen LogP contribution in [0.4, 0.5) is 0 Å². The number of hydrogen-bond donors (Lipinski definition) is 3. The molecule has 0 aromatic rings. The van der Waals surface area contributed by atoms with E-state index in [-0.39, 0.29) is 12.2 Å². The summed E-state index contributed by atoms with van der Waals surface area (Å²) in [5.74, 6) is -2.06. The molecule has 8 heteroatoms. The second kappa shape index (κ2) is 5.23. The van der Waals surface area contributed by atoms with E-state index < -0.39 is 33.3 Å². The molecule has 1 amide bonds. The second-order valence-electron chi connectivity index (χ2n) is 4.79. The van der Waals surface area contributed by atoms with Gasteiger partial charge in [0, 0.05) is 6.26 Å². The molecule has 18 heavy (non-hydrogen) atoms. The molecular formula is C10H18N2O5S. The molecule has 104 valence electrons. The Balaban J connectivity index is 2.58. The van der Waals surface area contributed by atoms with Crippen molar-refractivity contribution in [2.45, 2.75) is 37.3 Å². The molecule has 4 N–H and O–H groups in total. The van der Waals surface area contributed by atoms with E-state index in [9.17, 15) is 18.0 Å². The van der Waals surface area contributed by atoms with Crippen LogP contribution in [0.2, 0.25) is 0 Å². The van der Waals surface area contributed by atoms with Gasteiger partial charge in [-0.05, 0) is 25.7 Å². The molecule has 1 rings (SSSR count). The van der Waals surface area contributed by atoms with Gasteiger partial charge in [-0.1, -0.05) is 0 Å². The van der Waals surface area contributed by atoms with Crippen molar-refractivity contribution in [1.82, 2.24) is 5.32 Å². The molecule has 1 aliphatic rings. The van der Waals surface area contributed by atoms with Crippen molar-refractivity contribution in [2.75, 3.05) is 12.0 Å². The summed E-state index contributed by atoms with van der Waals surface area (Å²) in [6, 6.07) is -1.21. The van der Waals surface area contributed by atoms with Crippen LogP contribution in [0, 0.1) is 0 Å². The maximum atomic E-state index is 11.7. The lowest BCUT2D eigenvalue weighted by atomic mass is 9.77. The van der Waals surface area contributed by atoms with Gasteiger partial charge in [0.05, 0.1) is 11.3 Å². The third kappa shape index (κ3) is 3.95. The number of rotatable bonds is 6. The zero-order valence-corrected chi connectivity index (χ0v) is 11.0. The molecule has 1 aliphatic carbocycles. The van der Waals surface area contributed by atoms with Crippen LogP contribution in [-0.2, 0) is 19.4 Å². The molecule has 0 aliphatic heterocycles. The SMILES string of the molecule is CS(=O)(=O)CCC(NC(=O)C1(N)CCC1)C(=O)O. The zero-order chi connectivity index (χ0) is 14.0. The minimum absolute atomic E-state index is 0.157. The summed E-state index contributed by atoms with van der Waals surface area (Å²) in [7, 11) is -3.26. The Labute approximate surface area is 106 Å². The van der Waals surface area contributed by atoms with E-state index >= 15 is 0 Å². The number of carbonyl (C=O) groups excluding carboxylic acids is 1. The highest BCUT2D eigenvalue weighted by Gasteiger charge is 2.41. The first kappa shape index (κ1) is 14.9. The summed E-state index contributed by atoms with van der Waals surface area (Å²) in [6.07, 6.45) is 2.75. The van der Waals surface area contributed by atoms with Crippen molar-refractivity contribution in [2.24, 2.45) is 5.73 Å². The Hall–Kier alpha value is -1.15. The first-order valence-corrected chi connectivity index (χ1v) is 7.70. The quantitative estimate of drug-likeness (QED) is 0.564. The molecule has 0 saturated heterocycles. The number of carboxylic acid groups (broad SMARTS) is 1. The Morgan fingerprint density at radius 3 is 2.33 bits per heavy atom. The Morgan fingerprint density at radius 2 is 2.00 bits per heavy atom. The van der Waals surface area contributed by atoms with Crippen molar-refractivity contribution < 1.29 is 23.1 Å². The Kier molecular flexibility index (Phi) is 4.33. The van der Waals surface area contributed by atoms with E-state index in [1.54, 1.807) is 0 Å². The molecular weight excluding hydrogens is 260 g/mol. The fraction of sp³-hybridized carbons (Fsp3) is 0.800. The molecule has 1 saturated carbocycles. The summed E-state index contributed by atoms with van der Waals surface area (Å²) < 4.78 is 22.0. The van der Waals surface area contributed by atoms with Gasteiger partial charge in [-0.25, -0.2) is 13.2 Å². The third-order valence-corrected chi connectivity index (χ3v) is 4.06. The van der Waals surface area contributed by atoms with Crippen LogP contribution in [0.25, 0.3) is 0 Å². The first-order valence-electron chi connectivity index (χ1n) is 5.64. The number of amides is 1. The van der Waals surface area contributed by atoms with E-state index in [1.165, 1.54) is 0 Å². The van der Waals surface area contributed by atoms with Crippen molar-refractivity contribution in [1.29, 1.82) is 0 Å². The number of sulfone groups is 1. The lowest BCUT2D eigenvalue weighted by Crippen LogP contribution is -2.61. The van der Waals surface area contributed by atoms with Gasteiger partial charge in [0.2, 0.25) is 5.91 Å². The van der Waals surface area contributed by atoms with E-state index in [0.717, 1.165) is 12.7 Å². The molecule has 0 aromatic carbocycles. The number of aliphatic carboxylic acids is 1. The van der Waals surface area contributed by atoms with Gasteiger partial charge in [-0.3, -0.25) is 4.79 Å². The Morgan fingerprint density at radius 1 is 1.44 bits per heavy atom. The predicted octanol–water partition coefficient (Wildman–Crippen LogP) is -1.13.